The van der Waals surface area contributed by atoms with E-state index in [4.69, 9.17) is 28.2 Å². The lowest BCUT2D eigenvalue weighted by Gasteiger charge is -2.34. The Bertz CT molecular complexity index is 1220. The lowest BCUT2D eigenvalue weighted by molar-refractivity contribution is -0.120. The van der Waals surface area contributed by atoms with Crippen molar-refractivity contribution >= 4 is 65.6 Å². The van der Waals surface area contributed by atoms with E-state index in [0.717, 1.165) is 48.1 Å². The van der Waals surface area contributed by atoms with Gasteiger partial charge in [0.15, 0.2) is 15.0 Å². The van der Waals surface area contributed by atoms with Crippen LogP contribution in [0, 0.1) is 0 Å². The van der Waals surface area contributed by atoms with Gasteiger partial charge in [0.05, 0.1) is 20.4 Å². The van der Waals surface area contributed by atoms with Crippen LogP contribution < -0.4 is 10.2 Å². The Morgan fingerprint density at radius 2 is 1.79 bits per heavy atom. The molecule has 1 fully saturated rings. The average Bonchev–Trinajstić information content (AvgIpc) is 3.24. The number of carbonyl (C=O) groups is 1. The first-order chi connectivity index (χ1) is 15.8. The molecule has 0 radical (unpaired) electrons. The van der Waals surface area contributed by atoms with Gasteiger partial charge in [-0.1, -0.05) is 40.6 Å². The van der Waals surface area contributed by atoms with Gasteiger partial charge >= 0.3 is 0 Å². The van der Waals surface area contributed by atoms with Gasteiger partial charge < -0.3 is 10.2 Å². The van der Waals surface area contributed by atoms with Crippen LogP contribution in [0.1, 0.15) is 6.42 Å². The van der Waals surface area contributed by atoms with E-state index in [-0.39, 0.29) is 23.0 Å². The van der Waals surface area contributed by atoms with Gasteiger partial charge in [-0.05, 0) is 36.4 Å². The Morgan fingerprint density at radius 1 is 1.06 bits per heavy atom. The van der Waals surface area contributed by atoms with Crippen LogP contribution in [0.2, 0.25) is 10.0 Å². The zero-order valence-electron chi connectivity index (χ0n) is 17.8. The molecule has 33 heavy (non-hydrogen) atoms. The molecule has 0 unspecified atom stereocenters. The molecule has 176 valence electrons. The number of anilines is 1. The van der Waals surface area contributed by atoms with Crippen molar-refractivity contribution < 1.29 is 13.2 Å². The highest BCUT2D eigenvalue weighted by molar-refractivity contribution is 7.91. The number of nitrogens with one attached hydrogen (secondary N) is 1. The number of rotatable bonds is 8. The average molecular weight is 527 g/mol. The molecule has 3 aromatic rings. The summed E-state index contributed by atoms with van der Waals surface area (Å²) >= 11 is 13.7. The van der Waals surface area contributed by atoms with Gasteiger partial charge in [0.25, 0.3) is 0 Å². The summed E-state index contributed by atoms with van der Waals surface area (Å²) in [4.78, 5) is 21.5. The first-order valence-corrected chi connectivity index (χ1v) is 13.8. The van der Waals surface area contributed by atoms with Gasteiger partial charge in [-0.3, -0.25) is 9.69 Å². The molecule has 11 heteroatoms. The summed E-state index contributed by atoms with van der Waals surface area (Å²) in [5, 5.41) is 4.95. The topological polar surface area (TPSA) is 82.6 Å². The minimum Gasteiger partial charge on any atom is -0.355 e. The number of thiazole rings is 1. The Hall–Kier alpha value is -1.91. The van der Waals surface area contributed by atoms with Crippen LogP contribution in [-0.2, 0) is 14.6 Å². The fourth-order valence-electron chi connectivity index (χ4n) is 3.63. The molecule has 1 aliphatic rings. The van der Waals surface area contributed by atoms with Crippen LogP contribution in [0.3, 0.4) is 0 Å². The Morgan fingerprint density at radius 3 is 2.48 bits per heavy atom. The minimum atomic E-state index is -3.51. The number of fused-ring (bicyclic) bond motifs is 1. The van der Waals surface area contributed by atoms with Crippen LogP contribution in [-0.4, -0.2) is 69.2 Å². The van der Waals surface area contributed by atoms with E-state index in [0.29, 0.717) is 16.6 Å². The summed E-state index contributed by atoms with van der Waals surface area (Å²) in [6, 6.07) is 11.8. The van der Waals surface area contributed by atoms with Crippen molar-refractivity contribution in [2.45, 2.75) is 11.3 Å². The summed E-state index contributed by atoms with van der Waals surface area (Å²) in [6.07, 6.45) is -0.0705. The number of piperazine rings is 1. The van der Waals surface area contributed by atoms with E-state index in [2.05, 4.69) is 15.1 Å². The third kappa shape index (κ3) is 6.16. The highest BCUT2D eigenvalue weighted by atomic mass is 35.5. The van der Waals surface area contributed by atoms with E-state index in [9.17, 15) is 13.2 Å². The van der Waals surface area contributed by atoms with Crippen molar-refractivity contribution in [1.29, 1.82) is 0 Å². The summed E-state index contributed by atoms with van der Waals surface area (Å²) < 4.78 is 25.8. The van der Waals surface area contributed by atoms with Gasteiger partial charge in [0.1, 0.15) is 5.52 Å². The predicted molar refractivity (Wildman–Crippen MR) is 134 cm³/mol. The van der Waals surface area contributed by atoms with Crippen LogP contribution in [0.25, 0.3) is 10.2 Å². The van der Waals surface area contributed by atoms with Crippen molar-refractivity contribution in [1.82, 2.24) is 15.2 Å². The van der Waals surface area contributed by atoms with Crippen molar-refractivity contribution in [3.63, 3.8) is 0 Å². The maximum Gasteiger partial charge on any atom is 0.221 e. The van der Waals surface area contributed by atoms with Gasteiger partial charge in [-0.25, -0.2) is 13.4 Å². The number of sulfone groups is 1. The maximum absolute atomic E-state index is 12.3. The largest absolute Gasteiger partial charge is 0.355 e. The van der Waals surface area contributed by atoms with Crippen LogP contribution in [0.5, 0.6) is 0 Å². The Kier molecular flexibility index (Phi) is 7.76. The second-order valence-electron chi connectivity index (χ2n) is 7.78. The van der Waals surface area contributed by atoms with E-state index < -0.39 is 9.84 Å². The molecule has 2 aromatic carbocycles. The third-order valence-electron chi connectivity index (χ3n) is 5.52. The lowest BCUT2D eigenvalue weighted by atomic mass is 10.3. The molecule has 1 aromatic heterocycles. The maximum atomic E-state index is 12.3. The fraction of sp³-hybridized carbons (Fsp3) is 0.364. The van der Waals surface area contributed by atoms with Crippen molar-refractivity contribution in [3.05, 3.63) is 52.5 Å². The zero-order chi connectivity index (χ0) is 23.4. The van der Waals surface area contributed by atoms with E-state index in [1.807, 2.05) is 18.2 Å². The first kappa shape index (κ1) is 24.2. The smallest absolute Gasteiger partial charge is 0.221 e. The summed E-state index contributed by atoms with van der Waals surface area (Å²) in [5.74, 6) is -0.497. The number of aromatic nitrogens is 1. The Balaban J connectivity index is 1.18. The molecule has 0 spiro atoms. The molecule has 0 saturated carbocycles. The zero-order valence-corrected chi connectivity index (χ0v) is 21.0. The van der Waals surface area contributed by atoms with Crippen molar-refractivity contribution in [2.24, 2.45) is 0 Å². The molecule has 1 aliphatic heterocycles. The molecule has 1 saturated heterocycles. The van der Waals surface area contributed by atoms with E-state index in [1.165, 1.54) is 24.3 Å². The van der Waals surface area contributed by atoms with Gasteiger partial charge in [0, 0.05) is 50.7 Å². The van der Waals surface area contributed by atoms with E-state index in [1.54, 1.807) is 11.3 Å². The molecule has 1 N–H and O–H groups in total. The second-order valence-corrected chi connectivity index (χ2v) is 11.7. The highest BCUT2D eigenvalue weighted by Crippen LogP contribution is 2.33. The SMILES string of the molecule is O=C(CCS(=O)(=O)c1ccc(Cl)cc1)NCCN1CCN(c2nc3c(Cl)cccc3s2)CC1. The molecular weight excluding hydrogens is 503 g/mol. The summed E-state index contributed by atoms with van der Waals surface area (Å²) in [6.45, 7) is 4.64. The number of para-hydroxylation sites is 1. The van der Waals surface area contributed by atoms with E-state index >= 15 is 0 Å². The van der Waals surface area contributed by atoms with Gasteiger partial charge in [0.2, 0.25) is 5.91 Å². The molecule has 0 bridgehead atoms. The number of benzene rings is 2. The number of hydrogen-bond donors (Lipinski definition) is 1. The molecular formula is C22H24Cl2N4O3S2. The molecule has 7 nitrogen and oxygen atoms in total. The third-order valence-corrected chi connectivity index (χ3v) is 8.89. The van der Waals surface area contributed by atoms with Crippen LogP contribution >= 0.6 is 34.5 Å². The monoisotopic (exact) mass is 526 g/mol. The standard InChI is InChI=1S/C22H24Cl2N4O3S2/c23-16-4-6-17(7-5-16)33(30,31)15-8-20(29)25-9-10-27-11-13-28(14-12-27)22-26-21-18(24)2-1-3-19(21)32-22/h1-7H,8-15H2,(H,25,29). The highest BCUT2D eigenvalue weighted by Gasteiger charge is 2.21. The lowest BCUT2D eigenvalue weighted by Crippen LogP contribution is -2.48. The molecule has 0 aliphatic carbocycles. The quantitative estimate of drug-likeness (QED) is 0.481. The fourth-order valence-corrected chi connectivity index (χ4v) is 6.31. The van der Waals surface area contributed by atoms with Crippen LogP contribution in [0.4, 0.5) is 5.13 Å². The minimum absolute atomic E-state index is 0.0705. The van der Waals surface area contributed by atoms with Crippen molar-refractivity contribution in [3.8, 4) is 0 Å². The van der Waals surface area contributed by atoms with Gasteiger partial charge in [-0.2, -0.15) is 0 Å². The number of carbonyl (C=O) groups excluding carboxylic acids is 1. The number of nitrogens with zero attached hydrogens (tertiary/aromatic N) is 3. The number of halogens is 2. The molecule has 1 amide bonds. The summed E-state index contributed by atoms with van der Waals surface area (Å²) in [5.41, 5.74) is 0.849. The molecule has 4 rings (SSSR count). The second kappa shape index (κ2) is 10.6. The molecule has 0 atom stereocenters. The Labute approximate surface area is 207 Å². The first-order valence-electron chi connectivity index (χ1n) is 10.6. The van der Waals surface area contributed by atoms with Gasteiger partial charge in [-0.15, -0.1) is 0 Å². The number of amides is 1. The summed E-state index contributed by atoms with van der Waals surface area (Å²) in [7, 11) is -3.51. The van der Waals surface area contributed by atoms with Crippen LogP contribution in [0.15, 0.2) is 47.4 Å². The van der Waals surface area contributed by atoms with Crippen molar-refractivity contribution in [2.75, 3.05) is 49.9 Å². The number of hydrogen-bond acceptors (Lipinski definition) is 7. The molecule has 2 heterocycles. The predicted octanol–water partition coefficient (Wildman–Crippen LogP) is 3.71. The normalized spacial score (nSPS) is 15.2.